The number of carbonyl (C=O) groups excluding carboxylic acids is 1. The monoisotopic (exact) mass is 492 g/mol. The third-order valence-electron chi connectivity index (χ3n) is 4.19. The van der Waals surface area contributed by atoms with Gasteiger partial charge in [-0.25, -0.2) is 19.9 Å². The van der Waals surface area contributed by atoms with Crippen LogP contribution in [0.3, 0.4) is 0 Å². The highest BCUT2D eigenvalue weighted by Gasteiger charge is 2.40. The molecule has 0 radical (unpaired) electrons. The van der Waals surface area contributed by atoms with Crippen molar-refractivity contribution in [2.45, 2.75) is 6.18 Å². The lowest BCUT2D eigenvalue weighted by Gasteiger charge is -2.14. The van der Waals surface area contributed by atoms with E-state index in [0.29, 0.717) is 10.9 Å². The lowest BCUT2D eigenvalue weighted by atomic mass is 10.2. The van der Waals surface area contributed by atoms with Crippen LogP contribution in [0.2, 0.25) is 5.02 Å². The van der Waals surface area contributed by atoms with Crippen LogP contribution in [0, 0.1) is 17.1 Å². The molecule has 1 aromatic carbocycles. The maximum Gasteiger partial charge on any atom is 0.434 e. The maximum absolute atomic E-state index is 13.8. The average molecular weight is 493 g/mol. The van der Waals surface area contributed by atoms with Gasteiger partial charge in [-0.2, -0.15) is 33.8 Å². The Hall–Kier alpha value is -4.28. The van der Waals surface area contributed by atoms with E-state index in [9.17, 15) is 22.4 Å². The summed E-state index contributed by atoms with van der Waals surface area (Å²) >= 11 is 6.07. The Balaban J connectivity index is 1.96. The number of amides is 1. The highest BCUT2D eigenvalue weighted by atomic mass is 35.5. The number of hydrogen-bond donors (Lipinski definition) is 2. The summed E-state index contributed by atoms with van der Waals surface area (Å²) in [5.74, 6) is 3.58. The molecule has 0 spiro atoms. The Morgan fingerprint density at radius 1 is 1.35 bits per heavy atom. The predicted molar refractivity (Wildman–Crippen MR) is 116 cm³/mol. The maximum atomic E-state index is 13.8. The number of hydrazone groups is 1. The van der Waals surface area contributed by atoms with Gasteiger partial charge < -0.3 is 5.32 Å². The van der Waals surface area contributed by atoms with Crippen molar-refractivity contribution in [2.75, 3.05) is 10.4 Å². The summed E-state index contributed by atoms with van der Waals surface area (Å²) in [4.78, 5) is 16.6. The molecule has 0 saturated heterocycles. The first kappa shape index (κ1) is 24.4. The van der Waals surface area contributed by atoms with E-state index in [1.165, 1.54) is 24.4 Å². The van der Waals surface area contributed by atoms with Crippen molar-refractivity contribution in [3.63, 3.8) is 0 Å². The Morgan fingerprint density at radius 2 is 2.09 bits per heavy atom. The number of allylic oxidation sites excluding steroid dienone is 1. The first-order valence-electron chi connectivity index (χ1n) is 9.08. The Bertz CT molecular complexity index is 1330. The van der Waals surface area contributed by atoms with Crippen molar-refractivity contribution in [3.05, 3.63) is 77.0 Å². The fraction of sp³-hybridized carbons (Fsp3) is 0.0500. The number of benzene rings is 1. The molecule has 3 aromatic rings. The molecule has 14 heteroatoms. The minimum absolute atomic E-state index is 0.00572. The zero-order chi connectivity index (χ0) is 25.0. The summed E-state index contributed by atoms with van der Waals surface area (Å²) in [5.41, 5.74) is -3.04. The number of rotatable bonds is 6. The van der Waals surface area contributed by atoms with E-state index >= 15 is 0 Å². The van der Waals surface area contributed by atoms with Crippen molar-refractivity contribution in [3.8, 4) is 11.8 Å². The van der Waals surface area contributed by atoms with Crippen molar-refractivity contribution >= 4 is 35.2 Å². The zero-order valence-corrected chi connectivity index (χ0v) is 17.6. The molecule has 0 atom stereocenters. The van der Waals surface area contributed by atoms with E-state index in [2.05, 4.69) is 27.1 Å². The number of nitrogens with one attached hydrogen (secondary N) is 1. The van der Waals surface area contributed by atoms with Crippen molar-refractivity contribution in [2.24, 2.45) is 10.9 Å². The van der Waals surface area contributed by atoms with Gasteiger partial charge in [0.25, 0.3) is 5.91 Å². The second-order valence-corrected chi connectivity index (χ2v) is 6.83. The van der Waals surface area contributed by atoms with Crippen LogP contribution in [0.25, 0.3) is 5.69 Å². The van der Waals surface area contributed by atoms with E-state index < -0.39 is 34.7 Å². The molecule has 3 N–H and O–H groups in total. The lowest BCUT2D eigenvalue weighted by Crippen LogP contribution is -2.26. The van der Waals surface area contributed by atoms with Crippen LogP contribution in [0.15, 0.2) is 54.4 Å². The molecule has 0 fully saturated rings. The molecule has 3 rings (SSSR count). The number of anilines is 2. The van der Waals surface area contributed by atoms with Crippen molar-refractivity contribution in [1.82, 2.24) is 14.8 Å². The fourth-order valence-electron chi connectivity index (χ4n) is 2.75. The van der Waals surface area contributed by atoms with Crippen LogP contribution >= 0.6 is 11.6 Å². The molecule has 0 aliphatic carbocycles. The summed E-state index contributed by atoms with van der Waals surface area (Å²) in [5, 5.41) is 19.4. The molecule has 0 bridgehead atoms. The average Bonchev–Trinajstić information content (AvgIpc) is 3.24. The molecule has 0 unspecified atom stereocenters. The molecule has 2 heterocycles. The molecule has 2 aromatic heterocycles. The second kappa shape index (κ2) is 9.69. The highest BCUT2D eigenvalue weighted by molar-refractivity contribution is 6.33. The first-order valence-corrected chi connectivity index (χ1v) is 9.46. The van der Waals surface area contributed by atoms with Gasteiger partial charge in [0, 0.05) is 6.21 Å². The van der Waals surface area contributed by atoms with E-state index in [4.69, 9.17) is 22.7 Å². The smallest absolute Gasteiger partial charge is 0.320 e. The zero-order valence-electron chi connectivity index (χ0n) is 16.9. The summed E-state index contributed by atoms with van der Waals surface area (Å²) in [6.07, 6.45) is -0.590. The number of aromatic nitrogens is 3. The van der Waals surface area contributed by atoms with Gasteiger partial charge in [0.1, 0.15) is 11.9 Å². The van der Waals surface area contributed by atoms with Gasteiger partial charge in [-0.3, -0.25) is 4.79 Å². The molecule has 0 aliphatic rings. The molecule has 0 aliphatic heterocycles. The van der Waals surface area contributed by atoms with E-state index in [1.54, 1.807) is 0 Å². The number of pyridine rings is 1. The number of nitrogens with zero attached hydrogens (tertiary/aromatic N) is 6. The summed E-state index contributed by atoms with van der Waals surface area (Å²) < 4.78 is 55.5. The van der Waals surface area contributed by atoms with Crippen LogP contribution in [0.5, 0.6) is 0 Å². The number of halogens is 5. The topological polar surface area (TPSA) is 125 Å². The third kappa shape index (κ3) is 5.03. The van der Waals surface area contributed by atoms with Gasteiger partial charge in [-0.15, -0.1) is 0 Å². The van der Waals surface area contributed by atoms with Crippen LogP contribution in [0.4, 0.5) is 29.1 Å². The van der Waals surface area contributed by atoms with Gasteiger partial charge in [0.2, 0.25) is 0 Å². The third-order valence-corrected chi connectivity index (χ3v) is 4.47. The summed E-state index contributed by atoms with van der Waals surface area (Å²) in [7, 11) is 0. The summed E-state index contributed by atoms with van der Waals surface area (Å²) in [6, 6.07) is 5.45. The molecule has 1 amide bonds. The standard InChI is InChI=1S/C20H13ClF4N8O/c1-2-5-29-33(27)18-15(21)7-12(9-28-18)31-19(34)14-10-30-32(17(14)20(23,24)25)13-3-4-16(22)11(6-13)8-26/h2-7,9-10H,1,27H2,(H,31,34)/b29-5-. The number of hydrazine groups is 1. The van der Waals surface area contributed by atoms with E-state index in [-0.39, 0.29) is 22.2 Å². The number of nitriles is 1. The Labute approximate surface area is 194 Å². The number of hydrogen-bond acceptors (Lipinski definition) is 7. The van der Waals surface area contributed by atoms with Crippen molar-refractivity contribution in [1.29, 1.82) is 5.26 Å². The first-order chi connectivity index (χ1) is 16.1. The molecule has 34 heavy (non-hydrogen) atoms. The van der Waals surface area contributed by atoms with Crippen LogP contribution < -0.4 is 16.3 Å². The van der Waals surface area contributed by atoms with Gasteiger partial charge in [0.05, 0.1) is 39.9 Å². The lowest BCUT2D eigenvalue weighted by molar-refractivity contribution is -0.143. The Morgan fingerprint density at radius 3 is 2.71 bits per heavy atom. The fourth-order valence-corrected chi connectivity index (χ4v) is 3.01. The summed E-state index contributed by atoms with van der Waals surface area (Å²) in [6.45, 7) is 3.43. The SMILES string of the molecule is C=C/C=N\N(N)c1ncc(NC(=O)c2cnn(-c3ccc(F)c(C#N)c3)c2C(F)(F)F)cc1Cl. The van der Waals surface area contributed by atoms with Crippen LogP contribution in [-0.2, 0) is 6.18 Å². The molecule has 174 valence electrons. The van der Waals surface area contributed by atoms with Gasteiger partial charge >= 0.3 is 6.18 Å². The number of carbonyl (C=O) groups is 1. The quantitative estimate of drug-likeness (QED) is 0.231. The van der Waals surface area contributed by atoms with Crippen molar-refractivity contribution < 1.29 is 22.4 Å². The largest absolute Gasteiger partial charge is 0.434 e. The predicted octanol–water partition coefficient (Wildman–Crippen LogP) is 4.05. The molecular formula is C20H13ClF4N8O. The number of nitrogens with two attached hydrogens (primary N) is 1. The number of alkyl halides is 3. The molecule has 0 saturated carbocycles. The molecule has 9 nitrogen and oxygen atoms in total. The molecular weight excluding hydrogens is 480 g/mol. The normalized spacial score (nSPS) is 11.3. The van der Waals surface area contributed by atoms with Gasteiger partial charge in [0.15, 0.2) is 11.5 Å². The van der Waals surface area contributed by atoms with Crippen LogP contribution in [-0.4, -0.2) is 26.9 Å². The second-order valence-electron chi connectivity index (χ2n) is 6.42. The Kier molecular flexibility index (Phi) is 6.94. The minimum atomic E-state index is -5.02. The van der Waals surface area contributed by atoms with Crippen LogP contribution in [0.1, 0.15) is 21.6 Å². The van der Waals surface area contributed by atoms with E-state index in [1.807, 2.05) is 0 Å². The van der Waals surface area contributed by atoms with Gasteiger partial charge in [-0.1, -0.05) is 18.2 Å². The van der Waals surface area contributed by atoms with E-state index in [0.717, 1.165) is 29.5 Å². The minimum Gasteiger partial charge on any atom is -0.320 e. The van der Waals surface area contributed by atoms with Gasteiger partial charge in [-0.05, 0) is 30.3 Å². The highest BCUT2D eigenvalue weighted by Crippen LogP contribution is 2.34.